The summed E-state index contributed by atoms with van der Waals surface area (Å²) < 4.78 is 0. The zero-order valence-corrected chi connectivity index (χ0v) is 7.72. The van der Waals surface area contributed by atoms with Crippen LogP contribution in [0.15, 0.2) is 23.3 Å². The van der Waals surface area contributed by atoms with E-state index in [1.54, 1.807) is 0 Å². The van der Waals surface area contributed by atoms with Crippen LogP contribution in [0.1, 0.15) is 33.6 Å². The number of hydrogen-bond donors (Lipinski definition) is 1. The molecule has 1 nitrogen and oxygen atoms in total. The molecule has 0 atom stereocenters. The van der Waals surface area contributed by atoms with Gasteiger partial charge in [-0.25, -0.2) is 0 Å². The summed E-state index contributed by atoms with van der Waals surface area (Å²) in [5.41, 5.74) is 2.47. The predicted octanol–water partition coefficient (Wildman–Crippen LogP) is 2.67. The number of hydrogen-bond acceptors (Lipinski definition) is 1. The lowest BCUT2D eigenvalue weighted by atomic mass is 10.1. The molecule has 0 amide bonds. The second kappa shape index (κ2) is 6.17. The number of aliphatic hydroxyl groups is 1. The topological polar surface area (TPSA) is 20.2 Å². The van der Waals surface area contributed by atoms with Crippen molar-refractivity contribution >= 4 is 0 Å². The molecule has 0 aliphatic heterocycles. The molecule has 1 N–H and O–H groups in total. The minimum absolute atomic E-state index is 0.201. The number of aliphatic hydroxyl groups excluding tert-OH is 1. The van der Waals surface area contributed by atoms with E-state index in [2.05, 4.69) is 19.9 Å². The van der Waals surface area contributed by atoms with Gasteiger partial charge in [-0.05, 0) is 39.2 Å². The average Bonchev–Trinajstić information content (AvgIpc) is 1.98. The van der Waals surface area contributed by atoms with Crippen molar-refractivity contribution in [2.75, 3.05) is 6.61 Å². The second-order valence-electron chi connectivity index (χ2n) is 2.93. The van der Waals surface area contributed by atoms with E-state index in [-0.39, 0.29) is 6.61 Å². The van der Waals surface area contributed by atoms with Crippen molar-refractivity contribution in [2.24, 2.45) is 0 Å². The largest absolute Gasteiger partial charge is 0.392 e. The third-order valence-corrected chi connectivity index (χ3v) is 1.63. The summed E-state index contributed by atoms with van der Waals surface area (Å²) in [4.78, 5) is 0. The van der Waals surface area contributed by atoms with Crippen LogP contribution in [-0.4, -0.2) is 11.7 Å². The SMILES string of the molecule is C/C=C(/CO)CCC=C(C)C. The Labute approximate surface area is 69.4 Å². The summed E-state index contributed by atoms with van der Waals surface area (Å²) in [5, 5.41) is 8.80. The first-order valence-corrected chi connectivity index (χ1v) is 4.09. The van der Waals surface area contributed by atoms with Gasteiger partial charge in [0, 0.05) is 0 Å². The van der Waals surface area contributed by atoms with Crippen molar-refractivity contribution in [3.63, 3.8) is 0 Å². The molecule has 0 rings (SSSR count). The highest BCUT2D eigenvalue weighted by Gasteiger charge is 1.90. The van der Waals surface area contributed by atoms with Crippen molar-refractivity contribution in [3.05, 3.63) is 23.3 Å². The van der Waals surface area contributed by atoms with Crippen LogP contribution in [-0.2, 0) is 0 Å². The second-order valence-corrected chi connectivity index (χ2v) is 2.93. The number of allylic oxidation sites excluding steroid dienone is 3. The van der Waals surface area contributed by atoms with Gasteiger partial charge in [-0.3, -0.25) is 0 Å². The Morgan fingerprint density at radius 1 is 1.36 bits per heavy atom. The zero-order valence-electron chi connectivity index (χ0n) is 7.72. The Hall–Kier alpha value is -0.560. The normalized spacial score (nSPS) is 11.5. The Bertz CT molecular complexity index is 150. The van der Waals surface area contributed by atoms with Crippen LogP contribution in [0.2, 0.25) is 0 Å². The van der Waals surface area contributed by atoms with E-state index < -0.39 is 0 Å². The lowest BCUT2D eigenvalue weighted by molar-refractivity contribution is 0.326. The van der Waals surface area contributed by atoms with Gasteiger partial charge in [0.1, 0.15) is 0 Å². The Balaban J connectivity index is 3.61. The van der Waals surface area contributed by atoms with E-state index in [1.807, 2.05) is 13.0 Å². The van der Waals surface area contributed by atoms with Crippen molar-refractivity contribution < 1.29 is 5.11 Å². The fraction of sp³-hybridized carbons (Fsp3) is 0.600. The molecule has 0 aliphatic rings. The lowest BCUT2D eigenvalue weighted by Crippen LogP contribution is -1.88. The van der Waals surface area contributed by atoms with Crippen LogP contribution in [0.5, 0.6) is 0 Å². The molecule has 0 aliphatic carbocycles. The maximum absolute atomic E-state index is 8.80. The summed E-state index contributed by atoms with van der Waals surface area (Å²) >= 11 is 0. The van der Waals surface area contributed by atoms with Gasteiger partial charge in [-0.15, -0.1) is 0 Å². The number of rotatable bonds is 4. The maximum Gasteiger partial charge on any atom is 0.0641 e. The maximum atomic E-state index is 8.80. The molecular weight excluding hydrogens is 136 g/mol. The van der Waals surface area contributed by atoms with Crippen LogP contribution in [0, 0.1) is 0 Å². The van der Waals surface area contributed by atoms with Crippen LogP contribution in [0.25, 0.3) is 0 Å². The van der Waals surface area contributed by atoms with E-state index >= 15 is 0 Å². The third-order valence-electron chi connectivity index (χ3n) is 1.63. The third kappa shape index (κ3) is 5.86. The summed E-state index contributed by atoms with van der Waals surface area (Å²) in [5.74, 6) is 0. The standard InChI is InChI=1S/C10H18O/c1-4-10(8-11)7-5-6-9(2)3/h4,6,11H,5,7-8H2,1-3H3/b10-4+. The minimum Gasteiger partial charge on any atom is -0.392 e. The monoisotopic (exact) mass is 154 g/mol. The summed E-state index contributed by atoms with van der Waals surface area (Å²) in [6.45, 7) is 6.35. The fourth-order valence-electron chi connectivity index (χ4n) is 0.861. The summed E-state index contributed by atoms with van der Waals surface area (Å²) in [7, 11) is 0. The highest BCUT2D eigenvalue weighted by molar-refractivity contribution is 5.03. The van der Waals surface area contributed by atoms with Crippen LogP contribution >= 0.6 is 0 Å². The fourth-order valence-corrected chi connectivity index (χ4v) is 0.861. The first kappa shape index (κ1) is 10.4. The summed E-state index contributed by atoms with van der Waals surface area (Å²) in [6.07, 6.45) is 6.21. The first-order chi connectivity index (χ1) is 5.20. The molecule has 0 aromatic rings. The minimum atomic E-state index is 0.201. The van der Waals surface area contributed by atoms with Gasteiger partial charge in [-0.1, -0.05) is 17.7 Å². The van der Waals surface area contributed by atoms with Crippen molar-refractivity contribution in [1.82, 2.24) is 0 Å². The van der Waals surface area contributed by atoms with E-state index in [9.17, 15) is 0 Å². The molecule has 0 unspecified atom stereocenters. The van der Waals surface area contributed by atoms with Gasteiger partial charge in [0.25, 0.3) is 0 Å². The quantitative estimate of drug-likeness (QED) is 0.617. The van der Waals surface area contributed by atoms with E-state index in [0.717, 1.165) is 18.4 Å². The highest BCUT2D eigenvalue weighted by atomic mass is 16.3. The molecule has 11 heavy (non-hydrogen) atoms. The smallest absolute Gasteiger partial charge is 0.0641 e. The van der Waals surface area contributed by atoms with Gasteiger partial charge < -0.3 is 5.11 Å². The van der Waals surface area contributed by atoms with E-state index in [0.29, 0.717) is 0 Å². The van der Waals surface area contributed by atoms with Crippen molar-refractivity contribution in [1.29, 1.82) is 0 Å². The van der Waals surface area contributed by atoms with Crippen LogP contribution < -0.4 is 0 Å². The van der Waals surface area contributed by atoms with Gasteiger partial charge in [0.2, 0.25) is 0 Å². The Kier molecular flexibility index (Phi) is 5.86. The molecule has 0 heterocycles. The van der Waals surface area contributed by atoms with E-state index in [1.165, 1.54) is 5.57 Å². The molecule has 1 heteroatoms. The molecule has 0 saturated heterocycles. The zero-order chi connectivity index (χ0) is 8.69. The molecule has 0 bridgehead atoms. The molecule has 0 fully saturated rings. The molecule has 0 aromatic carbocycles. The van der Waals surface area contributed by atoms with Crippen molar-refractivity contribution in [2.45, 2.75) is 33.6 Å². The lowest BCUT2D eigenvalue weighted by Gasteiger charge is -1.99. The molecule has 64 valence electrons. The molecule has 0 radical (unpaired) electrons. The van der Waals surface area contributed by atoms with Gasteiger partial charge in [0.05, 0.1) is 6.61 Å². The molecule has 0 spiro atoms. The van der Waals surface area contributed by atoms with Crippen LogP contribution in [0.3, 0.4) is 0 Å². The molecular formula is C10H18O. The average molecular weight is 154 g/mol. The van der Waals surface area contributed by atoms with E-state index in [4.69, 9.17) is 5.11 Å². The van der Waals surface area contributed by atoms with Crippen LogP contribution in [0.4, 0.5) is 0 Å². The molecule has 0 aromatic heterocycles. The van der Waals surface area contributed by atoms with Crippen molar-refractivity contribution in [3.8, 4) is 0 Å². The Morgan fingerprint density at radius 3 is 2.36 bits per heavy atom. The Morgan fingerprint density at radius 2 is 2.00 bits per heavy atom. The first-order valence-electron chi connectivity index (χ1n) is 4.09. The van der Waals surface area contributed by atoms with Gasteiger partial charge in [0.15, 0.2) is 0 Å². The predicted molar refractivity (Wildman–Crippen MR) is 49.5 cm³/mol. The highest BCUT2D eigenvalue weighted by Crippen LogP contribution is 2.05. The van der Waals surface area contributed by atoms with Gasteiger partial charge >= 0.3 is 0 Å². The molecule has 0 saturated carbocycles. The summed E-state index contributed by atoms with van der Waals surface area (Å²) in [6, 6.07) is 0. The van der Waals surface area contributed by atoms with Gasteiger partial charge in [-0.2, -0.15) is 0 Å².